The Balaban J connectivity index is 1.84. The smallest absolute Gasteiger partial charge is 0.0841 e. The average Bonchev–Trinajstić information content (AvgIpc) is 2.25. The van der Waals surface area contributed by atoms with Crippen molar-refractivity contribution in [2.24, 2.45) is 0 Å². The van der Waals surface area contributed by atoms with Crippen LogP contribution in [0.4, 0.5) is 0 Å². The van der Waals surface area contributed by atoms with E-state index in [-0.39, 0.29) is 12.2 Å². The van der Waals surface area contributed by atoms with Gasteiger partial charge in [0.2, 0.25) is 0 Å². The lowest BCUT2D eigenvalue weighted by Crippen LogP contribution is -2.45. The van der Waals surface area contributed by atoms with Crippen molar-refractivity contribution < 1.29 is 25.2 Å². The van der Waals surface area contributed by atoms with Crippen molar-refractivity contribution in [1.29, 1.82) is 0 Å². The van der Waals surface area contributed by atoms with Gasteiger partial charge in [-0.25, -0.2) is 0 Å². The van der Waals surface area contributed by atoms with Crippen molar-refractivity contribution >= 4 is 0 Å². The highest BCUT2D eigenvalue weighted by Gasteiger charge is 2.35. The van der Waals surface area contributed by atoms with Crippen molar-refractivity contribution in [2.45, 2.75) is 75.1 Å². The molecule has 0 aliphatic heterocycles. The Morgan fingerprint density at radius 2 is 1.06 bits per heavy atom. The molecule has 0 heterocycles. The van der Waals surface area contributed by atoms with E-state index >= 15 is 0 Å². The van der Waals surface area contributed by atoms with Gasteiger partial charge in [0.1, 0.15) is 0 Å². The molecule has 4 N–H and O–H groups in total. The van der Waals surface area contributed by atoms with Gasteiger partial charge in [-0.3, -0.25) is 0 Å². The first-order valence-corrected chi connectivity index (χ1v) is 6.44. The molecule has 0 amide bonds. The number of rotatable bonds is 2. The van der Waals surface area contributed by atoms with E-state index in [1.54, 1.807) is 0 Å². The van der Waals surface area contributed by atoms with Gasteiger partial charge >= 0.3 is 0 Å². The largest absolute Gasteiger partial charge is 0.393 e. The van der Waals surface area contributed by atoms with Crippen LogP contribution >= 0.6 is 0 Å². The lowest BCUT2D eigenvalue weighted by Gasteiger charge is -2.37. The summed E-state index contributed by atoms with van der Waals surface area (Å²) >= 11 is 0. The van der Waals surface area contributed by atoms with E-state index < -0.39 is 24.4 Å². The maximum atomic E-state index is 9.79. The number of aliphatic hydroxyl groups excluding tert-OH is 4. The second-order valence-corrected chi connectivity index (χ2v) is 5.28. The second-order valence-electron chi connectivity index (χ2n) is 5.28. The SMILES string of the molecule is OC1CCC(OC2CCC(O)CC2O)C(O)C1. The van der Waals surface area contributed by atoms with Gasteiger partial charge in [-0.1, -0.05) is 0 Å². The maximum absolute atomic E-state index is 9.79. The molecule has 6 unspecified atom stereocenters. The van der Waals surface area contributed by atoms with E-state index in [4.69, 9.17) is 4.74 Å². The molecule has 0 radical (unpaired) electrons. The Hall–Kier alpha value is -0.200. The Kier molecular flexibility index (Phi) is 4.38. The summed E-state index contributed by atoms with van der Waals surface area (Å²) in [6, 6.07) is 0. The van der Waals surface area contributed by atoms with Crippen molar-refractivity contribution in [3.8, 4) is 0 Å². The van der Waals surface area contributed by atoms with Gasteiger partial charge in [0.25, 0.3) is 0 Å². The highest BCUT2D eigenvalue weighted by atomic mass is 16.5. The molecule has 2 saturated carbocycles. The number of ether oxygens (including phenoxy) is 1. The van der Waals surface area contributed by atoms with Crippen LogP contribution in [0.15, 0.2) is 0 Å². The average molecular weight is 246 g/mol. The molecule has 5 heteroatoms. The lowest BCUT2D eigenvalue weighted by molar-refractivity contribution is -0.158. The Bertz CT molecular complexity index is 223. The molecule has 6 atom stereocenters. The van der Waals surface area contributed by atoms with Crippen LogP contribution in [-0.2, 0) is 4.74 Å². The zero-order chi connectivity index (χ0) is 12.4. The van der Waals surface area contributed by atoms with Gasteiger partial charge in [0.15, 0.2) is 0 Å². The predicted molar refractivity (Wildman–Crippen MR) is 60.4 cm³/mol. The van der Waals surface area contributed by atoms with Gasteiger partial charge in [0.05, 0.1) is 36.6 Å². The highest BCUT2D eigenvalue weighted by Crippen LogP contribution is 2.28. The molecule has 0 saturated heterocycles. The summed E-state index contributed by atoms with van der Waals surface area (Å²) in [4.78, 5) is 0. The van der Waals surface area contributed by atoms with Crippen molar-refractivity contribution in [2.75, 3.05) is 0 Å². The molecule has 2 fully saturated rings. The first kappa shape index (κ1) is 13.2. The minimum absolute atomic E-state index is 0.298. The number of aliphatic hydroxyl groups is 4. The van der Waals surface area contributed by atoms with Gasteiger partial charge in [-0.2, -0.15) is 0 Å². The van der Waals surface area contributed by atoms with E-state index in [0.29, 0.717) is 38.5 Å². The molecular weight excluding hydrogens is 224 g/mol. The molecule has 0 spiro atoms. The van der Waals surface area contributed by atoms with Crippen LogP contribution in [0.5, 0.6) is 0 Å². The van der Waals surface area contributed by atoms with Crippen LogP contribution in [0.25, 0.3) is 0 Å². The van der Waals surface area contributed by atoms with Crippen molar-refractivity contribution in [1.82, 2.24) is 0 Å². The van der Waals surface area contributed by atoms with E-state index in [0.717, 1.165) is 0 Å². The summed E-state index contributed by atoms with van der Waals surface area (Å²) in [6.45, 7) is 0. The summed E-state index contributed by atoms with van der Waals surface area (Å²) in [5.41, 5.74) is 0. The molecule has 2 rings (SSSR count). The molecule has 0 aromatic rings. The van der Waals surface area contributed by atoms with Crippen LogP contribution in [0, 0.1) is 0 Å². The van der Waals surface area contributed by atoms with Crippen molar-refractivity contribution in [3.63, 3.8) is 0 Å². The third-order valence-corrected chi connectivity index (χ3v) is 3.80. The summed E-state index contributed by atoms with van der Waals surface area (Å²) in [6.07, 6.45) is 0.400. The molecule has 0 bridgehead atoms. The van der Waals surface area contributed by atoms with E-state index in [9.17, 15) is 20.4 Å². The Morgan fingerprint density at radius 1 is 0.647 bits per heavy atom. The van der Waals surface area contributed by atoms with E-state index in [2.05, 4.69) is 0 Å². The fourth-order valence-corrected chi connectivity index (χ4v) is 2.74. The quantitative estimate of drug-likeness (QED) is 0.530. The molecule has 17 heavy (non-hydrogen) atoms. The standard InChI is InChI=1S/C12H22O5/c13-7-1-3-11(9(15)5-7)17-12-4-2-8(14)6-10(12)16/h7-16H,1-6H2. The molecule has 0 aromatic carbocycles. The van der Waals surface area contributed by atoms with Crippen LogP contribution < -0.4 is 0 Å². The first-order valence-electron chi connectivity index (χ1n) is 6.44. The van der Waals surface area contributed by atoms with Gasteiger partial charge < -0.3 is 25.2 Å². The minimum atomic E-state index is -0.655. The lowest BCUT2D eigenvalue weighted by atomic mass is 9.89. The molecule has 2 aliphatic rings. The fourth-order valence-electron chi connectivity index (χ4n) is 2.74. The fraction of sp³-hybridized carbons (Fsp3) is 1.00. The first-order chi connectivity index (χ1) is 8.06. The second kappa shape index (κ2) is 5.63. The van der Waals surface area contributed by atoms with Gasteiger partial charge in [-0.05, 0) is 25.7 Å². The molecule has 2 aliphatic carbocycles. The zero-order valence-corrected chi connectivity index (χ0v) is 9.90. The molecular formula is C12H22O5. The highest BCUT2D eigenvalue weighted by molar-refractivity contribution is 4.85. The van der Waals surface area contributed by atoms with Crippen LogP contribution in [0.3, 0.4) is 0 Å². The third kappa shape index (κ3) is 3.39. The minimum Gasteiger partial charge on any atom is -0.393 e. The maximum Gasteiger partial charge on any atom is 0.0841 e. The monoisotopic (exact) mass is 246 g/mol. The molecule has 5 nitrogen and oxygen atoms in total. The van der Waals surface area contributed by atoms with Crippen molar-refractivity contribution in [3.05, 3.63) is 0 Å². The topological polar surface area (TPSA) is 90.2 Å². The van der Waals surface area contributed by atoms with Crippen LogP contribution in [0.1, 0.15) is 38.5 Å². The summed E-state index contributed by atoms with van der Waals surface area (Å²) in [7, 11) is 0. The van der Waals surface area contributed by atoms with Crippen LogP contribution in [-0.4, -0.2) is 57.0 Å². The Morgan fingerprint density at radius 3 is 1.41 bits per heavy atom. The Labute approximate surface area is 101 Å². The zero-order valence-electron chi connectivity index (χ0n) is 9.90. The predicted octanol–water partition coefficient (Wildman–Crippen LogP) is -0.448. The van der Waals surface area contributed by atoms with Gasteiger partial charge in [0, 0.05) is 12.8 Å². The number of hydrogen-bond acceptors (Lipinski definition) is 5. The third-order valence-electron chi connectivity index (χ3n) is 3.80. The molecule has 100 valence electrons. The summed E-state index contributed by atoms with van der Waals surface area (Å²) in [5.74, 6) is 0. The normalized spacial score (nSPS) is 48.0. The van der Waals surface area contributed by atoms with E-state index in [1.807, 2.05) is 0 Å². The van der Waals surface area contributed by atoms with Crippen LogP contribution in [0.2, 0.25) is 0 Å². The number of hydrogen-bond donors (Lipinski definition) is 4. The summed E-state index contributed by atoms with van der Waals surface area (Å²) < 4.78 is 5.73. The molecule has 0 aromatic heterocycles. The van der Waals surface area contributed by atoms with E-state index in [1.165, 1.54) is 0 Å². The summed E-state index contributed by atoms with van der Waals surface area (Å²) in [5, 5.41) is 38.4. The van der Waals surface area contributed by atoms with Gasteiger partial charge in [-0.15, -0.1) is 0 Å².